The van der Waals surface area contributed by atoms with E-state index in [2.05, 4.69) is 22.9 Å². The predicted molar refractivity (Wildman–Crippen MR) is 115 cm³/mol. The predicted octanol–water partition coefficient (Wildman–Crippen LogP) is 3.44. The van der Waals surface area contributed by atoms with Gasteiger partial charge in [-0.2, -0.15) is 0 Å². The molecule has 2 aliphatic heterocycles. The third kappa shape index (κ3) is 3.94. The van der Waals surface area contributed by atoms with Crippen molar-refractivity contribution >= 4 is 34.9 Å². The first kappa shape index (κ1) is 19.7. The minimum absolute atomic E-state index is 0.0671. The Kier molecular flexibility index (Phi) is 5.46. The Labute approximate surface area is 176 Å². The average Bonchev–Trinajstić information content (AvgIpc) is 3.13. The summed E-state index contributed by atoms with van der Waals surface area (Å²) in [6.07, 6.45) is 3.31. The van der Waals surface area contributed by atoms with Gasteiger partial charge in [-0.1, -0.05) is 17.7 Å². The second-order valence-electron chi connectivity index (χ2n) is 7.75. The van der Waals surface area contributed by atoms with Crippen LogP contribution in [-0.2, 0) is 4.79 Å². The summed E-state index contributed by atoms with van der Waals surface area (Å²) in [6.45, 7) is 7.53. The van der Waals surface area contributed by atoms with Crippen LogP contribution in [-0.4, -0.2) is 54.4 Å². The summed E-state index contributed by atoms with van der Waals surface area (Å²) < 4.78 is 0. The minimum Gasteiger partial charge on any atom is -0.353 e. The van der Waals surface area contributed by atoms with Crippen LogP contribution in [0, 0.1) is 13.8 Å². The van der Waals surface area contributed by atoms with E-state index in [-0.39, 0.29) is 11.8 Å². The van der Waals surface area contributed by atoms with E-state index in [0.717, 1.165) is 42.1 Å². The molecule has 0 spiro atoms. The van der Waals surface area contributed by atoms with Crippen molar-refractivity contribution in [3.05, 3.63) is 52.2 Å². The maximum absolute atomic E-state index is 13.0. The lowest BCUT2D eigenvalue weighted by Gasteiger charge is -2.36. The Morgan fingerprint density at radius 1 is 1.07 bits per heavy atom. The number of carbonyl (C=O) groups excluding carboxylic acids is 2. The molecule has 7 heteroatoms. The van der Waals surface area contributed by atoms with E-state index >= 15 is 0 Å². The summed E-state index contributed by atoms with van der Waals surface area (Å²) in [6, 6.07) is 7.42. The molecule has 2 fully saturated rings. The number of piperazine rings is 1. The molecule has 0 atom stereocenters. The highest BCUT2D eigenvalue weighted by Crippen LogP contribution is 2.28. The quantitative estimate of drug-likeness (QED) is 0.774. The second-order valence-corrected chi connectivity index (χ2v) is 8.15. The number of pyridine rings is 1. The summed E-state index contributed by atoms with van der Waals surface area (Å²) in [5.41, 5.74) is 3.55. The summed E-state index contributed by atoms with van der Waals surface area (Å²) >= 11 is 6.42. The molecule has 4 rings (SSSR count). The van der Waals surface area contributed by atoms with Crippen LogP contribution in [0.25, 0.3) is 0 Å². The Hall–Kier alpha value is -2.60. The zero-order valence-electron chi connectivity index (χ0n) is 16.8. The van der Waals surface area contributed by atoms with Crippen molar-refractivity contribution in [3.63, 3.8) is 0 Å². The van der Waals surface area contributed by atoms with Crippen molar-refractivity contribution in [2.24, 2.45) is 0 Å². The number of halogens is 1. The number of hydrogen-bond donors (Lipinski definition) is 0. The second kappa shape index (κ2) is 8.03. The van der Waals surface area contributed by atoms with Gasteiger partial charge in [0, 0.05) is 51.0 Å². The fraction of sp³-hybridized carbons (Fsp3) is 0.409. The fourth-order valence-corrected chi connectivity index (χ4v) is 4.35. The molecule has 2 aromatic rings. The van der Waals surface area contributed by atoms with Gasteiger partial charge in [-0.15, -0.1) is 0 Å². The Balaban J connectivity index is 1.43. The smallest absolute Gasteiger partial charge is 0.255 e. The topological polar surface area (TPSA) is 56.8 Å². The van der Waals surface area contributed by atoms with Crippen LogP contribution in [0.1, 0.15) is 34.3 Å². The first-order chi connectivity index (χ1) is 13.9. The maximum atomic E-state index is 13.0. The van der Waals surface area contributed by atoms with Gasteiger partial charge in [0.05, 0.1) is 10.6 Å². The number of aromatic nitrogens is 1. The fourth-order valence-electron chi connectivity index (χ4n) is 4.10. The third-order valence-electron chi connectivity index (χ3n) is 5.62. The van der Waals surface area contributed by atoms with Gasteiger partial charge in [0.25, 0.3) is 5.91 Å². The van der Waals surface area contributed by atoms with Crippen molar-refractivity contribution in [1.82, 2.24) is 9.88 Å². The Morgan fingerprint density at radius 2 is 1.83 bits per heavy atom. The van der Waals surface area contributed by atoms with E-state index in [1.54, 1.807) is 17.0 Å². The molecule has 2 amide bonds. The molecule has 152 valence electrons. The summed E-state index contributed by atoms with van der Waals surface area (Å²) in [5, 5.41) is 0.394. The number of nitrogens with zero attached hydrogens (tertiary/aromatic N) is 4. The van der Waals surface area contributed by atoms with Crippen LogP contribution in [0.3, 0.4) is 0 Å². The van der Waals surface area contributed by atoms with Gasteiger partial charge < -0.3 is 14.7 Å². The van der Waals surface area contributed by atoms with Crippen LogP contribution < -0.4 is 9.80 Å². The van der Waals surface area contributed by atoms with E-state index in [1.807, 2.05) is 24.1 Å². The number of hydrogen-bond acceptors (Lipinski definition) is 4. The van der Waals surface area contributed by atoms with Crippen LogP contribution in [0.15, 0.2) is 30.5 Å². The number of anilines is 2. The number of benzene rings is 1. The van der Waals surface area contributed by atoms with Crippen molar-refractivity contribution in [1.29, 1.82) is 0 Å². The lowest BCUT2D eigenvalue weighted by Crippen LogP contribution is -2.49. The van der Waals surface area contributed by atoms with Crippen molar-refractivity contribution in [2.75, 3.05) is 42.5 Å². The first-order valence-electron chi connectivity index (χ1n) is 10.0. The molecule has 0 aliphatic carbocycles. The molecule has 0 radical (unpaired) electrons. The van der Waals surface area contributed by atoms with Crippen LogP contribution in [0.4, 0.5) is 11.5 Å². The van der Waals surface area contributed by atoms with E-state index in [9.17, 15) is 9.59 Å². The lowest BCUT2D eigenvalue weighted by molar-refractivity contribution is -0.117. The Bertz CT molecular complexity index is 954. The van der Waals surface area contributed by atoms with Gasteiger partial charge >= 0.3 is 0 Å². The largest absolute Gasteiger partial charge is 0.353 e. The monoisotopic (exact) mass is 412 g/mol. The highest BCUT2D eigenvalue weighted by atomic mass is 35.5. The van der Waals surface area contributed by atoms with Gasteiger partial charge in [-0.25, -0.2) is 4.98 Å². The molecule has 1 aromatic carbocycles. The van der Waals surface area contributed by atoms with E-state index < -0.39 is 0 Å². The summed E-state index contributed by atoms with van der Waals surface area (Å²) in [4.78, 5) is 35.3. The molecular formula is C22H25ClN4O2. The molecule has 2 saturated heterocycles. The van der Waals surface area contributed by atoms with Gasteiger partial charge in [0.2, 0.25) is 5.91 Å². The van der Waals surface area contributed by atoms with Gasteiger partial charge in [-0.3, -0.25) is 9.59 Å². The minimum atomic E-state index is -0.0671. The van der Waals surface area contributed by atoms with Crippen LogP contribution in [0.2, 0.25) is 5.02 Å². The number of rotatable bonds is 3. The van der Waals surface area contributed by atoms with E-state index in [4.69, 9.17) is 11.6 Å². The lowest BCUT2D eigenvalue weighted by atomic mass is 10.1. The standard InChI is InChI=1S/C22H25ClN4O2/c1-15-12-16(2)21(24-14-15)25-8-10-26(11-9-25)22(29)18-6-5-17(13-19(18)23)27-7-3-4-20(27)28/h5-6,12-14H,3-4,7-11H2,1-2H3. The molecule has 0 unspecified atom stereocenters. The molecule has 6 nitrogen and oxygen atoms in total. The molecule has 0 bridgehead atoms. The van der Waals surface area contributed by atoms with Gasteiger partial charge in [0.15, 0.2) is 0 Å². The SMILES string of the molecule is Cc1cnc(N2CCN(C(=O)c3ccc(N4CCCC4=O)cc3Cl)CC2)c(C)c1. The first-order valence-corrected chi connectivity index (χ1v) is 10.4. The highest BCUT2D eigenvalue weighted by molar-refractivity contribution is 6.34. The molecule has 3 heterocycles. The number of amides is 2. The van der Waals surface area contributed by atoms with Crippen molar-refractivity contribution in [2.45, 2.75) is 26.7 Å². The molecular weight excluding hydrogens is 388 g/mol. The van der Waals surface area contributed by atoms with Crippen molar-refractivity contribution in [3.8, 4) is 0 Å². The molecule has 2 aliphatic rings. The van der Waals surface area contributed by atoms with Gasteiger partial charge in [0.1, 0.15) is 5.82 Å². The molecule has 29 heavy (non-hydrogen) atoms. The zero-order chi connectivity index (χ0) is 20.5. The number of carbonyl (C=O) groups is 2. The van der Waals surface area contributed by atoms with E-state index in [0.29, 0.717) is 36.6 Å². The summed E-state index contributed by atoms with van der Waals surface area (Å²) in [7, 11) is 0. The van der Waals surface area contributed by atoms with Gasteiger partial charge in [-0.05, 0) is 49.6 Å². The average molecular weight is 413 g/mol. The highest BCUT2D eigenvalue weighted by Gasteiger charge is 2.26. The normalized spacial score (nSPS) is 17.2. The third-order valence-corrected chi connectivity index (χ3v) is 5.93. The molecule has 0 N–H and O–H groups in total. The molecule has 0 saturated carbocycles. The summed E-state index contributed by atoms with van der Waals surface area (Å²) in [5.74, 6) is 1.03. The van der Waals surface area contributed by atoms with Crippen LogP contribution >= 0.6 is 11.6 Å². The maximum Gasteiger partial charge on any atom is 0.255 e. The van der Waals surface area contributed by atoms with Crippen molar-refractivity contribution < 1.29 is 9.59 Å². The zero-order valence-corrected chi connectivity index (χ0v) is 17.6. The Morgan fingerprint density at radius 3 is 2.45 bits per heavy atom. The van der Waals surface area contributed by atoms with E-state index in [1.165, 1.54) is 0 Å². The molecule has 1 aromatic heterocycles. The number of aryl methyl sites for hydroxylation is 2. The van der Waals surface area contributed by atoms with Crippen LogP contribution in [0.5, 0.6) is 0 Å².